The fourth-order valence-corrected chi connectivity index (χ4v) is 1.18. The Labute approximate surface area is 98.7 Å². The standard InChI is InChI=1S/C11H13N3O3/c1-3-9(14(15)16)8-11(13-17-2)10-6-4-5-7-12-10/h3-8,13H,1-2H3/b9-3+,11-8-. The van der Waals surface area contributed by atoms with Crippen molar-refractivity contribution >= 4 is 5.70 Å². The van der Waals surface area contributed by atoms with Gasteiger partial charge in [0.1, 0.15) is 0 Å². The highest BCUT2D eigenvalue weighted by atomic mass is 16.6. The average molecular weight is 235 g/mol. The van der Waals surface area contributed by atoms with E-state index in [1.807, 2.05) is 0 Å². The zero-order valence-electron chi connectivity index (χ0n) is 9.58. The van der Waals surface area contributed by atoms with Crippen LogP contribution in [0.1, 0.15) is 12.6 Å². The predicted octanol–water partition coefficient (Wildman–Crippen LogP) is 1.75. The van der Waals surface area contributed by atoms with Crippen LogP contribution in [0.25, 0.3) is 5.70 Å². The zero-order valence-corrected chi connectivity index (χ0v) is 9.58. The molecule has 0 amide bonds. The smallest absolute Gasteiger partial charge is 0.267 e. The number of nitrogens with one attached hydrogen (secondary N) is 1. The molecule has 90 valence electrons. The van der Waals surface area contributed by atoms with Crippen LogP contribution in [0.5, 0.6) is 0 Å². The Kier molecular flexibility index (Phi) is 4.83. The van der Waals surface area contributed by atoms with E-state index < -0.39 is 4.92 Å². The van der Waals surface area contributed by atoms with E-state index in [4.69, 9.17) is 4.84 Å². The Hall–Kier alpha value is -2.21. The third kappa shape index (κ3) is 3.69. The van der Waals surface area contributed by atoms with Crippen LogP contribution >= 0.6 is 0 Å². The summed E-state index contributed by atoms with van der Waals surface area (Å²) in [4.78, 5) is 19.1. The molecule has 0 bridgehead atoms. The number of rotatable bonds is 5. The molecule has 0 saturated heterocycles. The molecule has 0 spiro atoms. The van der Waals surface area contributed by atoms with E-state index in [0.29, 0.717) is 11.4 Å². The van der Waals surface area contributed by atoms with Crippen molar-refractivity contribution in [3.05, 3.63) is 58.1 Å². The molecule has 17 heavy (non-hydrogen) atoms. The minimum atomic E-state index is -0.472. The summed E-state index contributed by atoms with van der Waals surface area (Å²) in [6.45, 7) is 1.59. The highest BCUT2D eigenvalue weighted by Crippen LogP contribution is 2.11. The summed E-state index contributed by atoms with van der Waals surface area (Å²) in [5, 5.41) is 10.7. The summed E-state index contributed by atoms with van der Waals surface area (Å²) < 4.78 is 0. The molecule has 1 aromatic rings. The van der Waals surface area contributed by atoms with E-state index in [0.717, 1.165) is 0 Å². The molecular formula is C11H13N3O3. The third-order valence-corrected chi connectivity index (χ3v) is 1.95. The largest absolute Gasteiger partial charge is 0.279 e. The fourth-order valence-electron chi connectivity index (χ4n) is 1.18. The van der Waals surface area contributed by atoms with Crippen LogP contribution < -0.4 is 5.48 Å². The summed E-state index contributed by atoms with van der Waals surface area (Å²) in [6.07, 6.45) is 4.37. The van der Waals surface area contributed by atoms with Gasteiger partial charge in [0.2, 0.25) is 0 Å². The molecule has 0 aliphatic rings. The van der Waals surface area contributed by atoms with Gasteiger partial charge in [0.05, 0.1) is 23.4 Å². The van der Waals surface area contributed by atoms with Gasteiger partial charge in [0, 0.05) is 12.3 Å². The molecule has 0 atom stereocenters. The van der Waals surface area contributed by atoms with Crippen molar-refractivity contribution in [2.24, 2.45) is 0 Å². The normalized spacial score (nSPS) is 12.4. The Balaban J connectivity index is 3.09. The van der Waals surface area contributed by atoms with Crippen LogP contribution in [0, 0.1) is 10.1 Å². The maximum Gasteiger partial charge on any atom is 0.267 e. The summed E-state index contributed by atoms with van der Waals surface area (Å²) in [7, 11) is 1.43. The molecule has 1 aromatic heterocycles. The first-order valence-corrected chi connectivity index (χ1v) is 4.91. The van der Waals surface area contributed by atoms with Gasteiger partial charge in [-0.1, -0.05) is 6.07 Å². The number of hydrogen-bond acceptors (Lipinski definition) is 5. The average Bonchev–Trinajstić information content (AvgIpc) is 2.35. The molecule has 0 fully saturated rings. The van der Waals surface area contributed by atoms with Gasteiger partial charge < -0.3 is 0 Å². The molecule has 6 heteroatoms. The Bertz CT molecular complexity index is 441. The SMILES string of the molecule is C/C=C(\C=C(/NOC)c1ccccn1)[N+](=O)[O-]. The number of allylic oxidation sites excluding steroid dienone is 2. The lowest BCUT2D eigenvalue weighted by Gasteiger charge is -2.06. The number of aromatic nitrogens is 1. The van der Waals surface area contributed by atoms with E-state index in [-0.39, 0.29) is 5.70 Å². The molecular weight excluding hydrogens is 222 g/mol. The monoisotopic (exact) mass is 235 g/mol. The number of nitrogens with zero attached hydrogens (tertiary/aromatic N) is 2. The predicted molar refractivity (Wildman–Crippen MR) is 63.1 cm³/mol. The second-order valence-corrected chi connectivity index (χ2v) is 3.05. The Morgan fingerprint density at radius 1 is 1.59 bits per heavy atom. The van der Waals surface area contributed by atoms with Crippen molar-refractivity contribution in [3.63, 3.8) is 0 Å². The highest BCUT2D eigenvalue weighted by molar-refractivity contribution is 5.62. The fraction of sp³-hybridized carbons (Fsp3) is 0.182. The second-order valence-electron chi connectivity index (χ2n) is 3.05. The zero-order chi connectivity index (χ0) is 12.7. The van der Waals surface area contributed by atoms with Crippen LogP contribution in [0.2, 0.25) is 0 Å². The minimum absolute atomic E-state index is 0.0322. The lowest BCUT2D eigenvalue weighted by atomic mass is 10.2. The van der Waals surface area contributed by atoms with Crippen LogP contribution in [0.3, 0.4) is 0 Å². The summed E-state index contributed by atoms with van der Waals surface area (Å²) in [5.74, 6) is 0. The summed E-state index contributed by atoms with van der Waals surface area (Å²) in [5.41, 5.74) is 3.53. The summed E-state index contributed by atoms with van der Waals surface area (Å²) in [6, 6.07) is 5.28. The third-order valence-electron chi connectivity index (χ3n) is 1.95. The molecule has 0 unspecified atom stereocenters. The molecule has 1 rings (SSSR count). The van der Waals surface area contributed by atoms with Gasteiger partial charge in [0.15, 0.2) is 0 Å². The number of pyridine rings is 1. The molecule has 0 radical (unpaired) electrons. The summed E-state index contributed by atoms with van der Waals surface area (Å²) >= 11 is 0. The first-order chi connectivity index (χ1) is 8.19. The molecule has 0 aliphatic heterocycles. The first-order valence-electron chi connectivity index (χ1n) is 4.91. The first kappa shape index (κ1) is 12.9. The van der Waals surface area contributed by atoms with Crippen molar-refractivity contribution in [2.75, 3.05) is 7.11 Å². The molecule has 1 heterocycles. The molecule has 6 nitrogen and oxygen atoms in total. The number of hydrogen-bond donors (Lipinski definition) is 1. The Morgan fingerprint density at radius 2 is 2.35 bits per heavy atom. The van der Waals surface area contributed by atoms with Gasteiger partial charge >= 0.3 is 0 Å². The van der Waals surface area contributed by atoms with Gasteiger partial charge in [0.25, 0.3) is 5.70 Å². The van der Waals surface area contributed by atoms with Gasteiger partial charge in [-0.15, -0.1) is 0 Å². The van der Waals surface area contributed by atoms with E-state index in [2.05, 4.69) is 10.5 Å². The highest BCUT2D eigenvalue weighted by Gasteiger charge is 2.10. The Morgan fingerprint density at radius 3 is 2.82 bits per heavy atom. The van der Waals surface area contributed by atoms with Gasteiger partial charge in [-0.25, -0.2) is 0 Å². The van der Waals surface area contributed by atoms with E-state index >= 15 is 0 Å². The van der Waals surface area contributed by atoms with Gasteiger partial charge in [-0.3, -0.25) is 25.4 Å². The van der Waals surface area contributed by atoms with Crippen molar-refractivity contribution in [1.82, 2.24) is 10.5 Å². The van der Waals surface area contributed by atoms with Crippen molar-refractivity contribution < 1.29 is 9.76 Å². The van der Waals surface area contributed by atoms with Crippen LogP contribution in [-0.2, 0) is 4.84 Å². The molecule has 1 N–H and O–H groups in total. The van der Waals surface area contributed by atoms with Crippen molar-refractivity contribution in [3.8, 4) is 0 Å². The van der Waals surface area contributed by atoms with E-state index in [1.165, 1.54) is 19.3 Å². The lowest BCUT2D eigenvalue weighted by Crippen LogP contribution is -2.12. The topological polar surface area (TPSA) is 77.3 Å². The maximum atomic E-state index is 10.7. The molecule has 0 saturated carbocycles. The number of hydroxylamine groups is 1. The van der Waals surface area contributed by atoms with Gasteiger partial charge in [-0.2, -0.15) is 0 Å². The van der Waals surface area contributed by atoms with Gasteiger partial charge in [-0.05, 0) is 25.1 Å². The minimum Gasteiger partial charge on any atom is -0.279 e. The lowest BCUT2D eigenvalue weighted by molar-refractivity contribution is -0.419. The van der Waals surface area contributed by atoms with Crippen molar-refractivity contribution in [2.45, 2.75) is 6.92 Å². The molecule has 0 aliphatic carbocycles. The second kappa shape index (κ2) is 6.39. The number of nitro groups is 1. The van der Waals surface area contributed by atoms with E-state index in [9.17, 15) is 10.1 Å². The van der Waals surface area contributed by atoms with Crippen LogP contribution in [-0.4, -0.2) is 17.0 Å². The maximum absolute atomic E-state index is 10.7. The quantitative estimate of drug-likeness (QED) is 0.478. The molecule has 0 aromatic carbocycles. The van der Waals surface area contributed by atoms with Crippen LogP contribution in [0.15, 0.2) is 42.2 Å². The van der Waals surface area contributed by atoms with Crippen LogP contribution in [0.4, 0.5) is 0 Å². The van der Waals surface area contributed by atoms with Crippen molar-refractivity contribution in [1.29, 1.82) is 0 Å². The van der Waals surface area contributed by atoms with E-state index in [1.54, 1.807) is 31.3 Å².